The van der Waals surface area contributed by atoms with Crippen LogP contribution in [0.4, 0.5) is 24.5 Å². The van der Waals surface area contributed by atoms with Crippen LogP contribution in [0.15, 0.2) is 24.3 Å². The number of carbonyl (C=O) groups is 2. The molecule has 1 aromatic heterocycles. The molecule has 0 unspecified atom stereocenters. The molecule has 7 nitrogen and oxygen atoms in total. The van der Waals surface area contributed by atoms with E-state index < -0.39 is 40.0 Å². The van der Waals surface area contributed by atoms with Crippen LogP contribution in [0, 0.1) is 17.0 Å². The average Bonchev–Trinajstić information content (AvgIpc) is 2.96. The average molecular weight is 436 g/mol. The molecule has 0 saturated heterocycles. The Labute approximate surface area is 165 Å². The summed E-state index contributed by atoms with van der Waals surface area (Å²) in [6.07, 6.45) is -4.68. The van der Waals surface area contributed by atoms with Gasteiger partial charge in [0.1, 0.15) is 0 Å². The number of anilines is 1. The third-order valence-corrected chi connectivity index (χ3v) is 4.94. The van der Waals surface area contributed by atoms with E-state index in [4.69, 9.17) is 11.6 Å². The Hall–Kier alpha value is -2.66. The van der Waals surface area contributed by atoms with E-state index in [0.29, 0.717) is 10.9 Å². The molecule has 0 aliphatic rings. The fourth-order valence-corrected chi connectivity index (χ4v) is 3.46. The van der Waals surface area contributed by atoms with E-state index in [9.17, 15) is 32.9 Å². The van der Waals surface area contributed by atoms with Gasteiger partial charge in [-0.3, -0.25) is 19.7 Å². The lowest BCUT2D eigenvalue weighted by molar-refractivity contribution is -0.385. The molecule has 0 aliphatic carbocycles. The Morgan fingerprint density at radius 3 is 2.50 bits per heavy atom. The minimum absolute atomic E-state index is 0.0744. The molecule has 2 rings (SSSR count). The van der Waals surface area contributed by atoms with Crippen molar-refractivity contribution < 1.29 is 27.7 Å². The van der Waals surface area contributed by atoms with Gasteiger partial charge in [-0.25, -0.2) is 0 Å². The second kappa shape index (κ2) is 8.15. The number of amides is 2. The van der Waals surface area contributed by atoms with Gasteiger partial charge in [0.2, 0.25) is 5.91 Å². The molecule has 2 aromatic rings. The Morgan fingerprint density at radius 1 is 1.32 bits per heavy atom. The second-order valence-corrected chi connectivity index (χ2v) is 7.37. The molecule has 0 atom stereocenters. The number of carbonyl (C=O) groups excluding carboxylic acids is 2. The first-order valence-electron chi connectivity index (χ1n) is 7.57. The minimum atomic E-state index is -4.68. The lowest BCUT2D eigenvalue weighted by Gasteiger charge is -2.16. The molecule has 0 saturated carbocycles. The summed E-state index contributed by atoms with van der Waals surface area (Å²) in [6, 6.07) is 4.01. The normalized spacial score (nSPS) is 11.2. The van der Waals surface area contributed by atoms with Crippen molar-refractivity contribution in [2.45, 2.75) is 13.1 Å². The number of alkyl halides is 3. The predicted molar refractivity (Wildman–Crippen MR) is 97.8 cm³/mol. The summed E-state index contributed by atoms with van der Waals surface area (Å²) in [7, 11) is 1.30. The molecule has 0 fully saturated rings. The molecule has 2 amide bonds. The molecular weight excluding hydrogens is 423 g/mol. The van der Waals surface area contributed by atoms with Crippen LogP contribution in [0.1, 0.15) is 20.1 Å². The summed E-state index contributed by atoms with van der Waals surface area (Å²) in [6.45, 7) is 1.03. The van der Waals surface area contributed by atoms with E-state index in [1.807, 2.05) is 0 Å². The van der Waals surface area contributed by atoms with Gasteiger partial charge in [-0.2, -0.15) is 13.2 Å². The van der Waals surface area contributed by atoms with E-state index in [2.05, 4.69) is 5.32 Å². The van der Waals surface area contributed by atoms with Gasteiger partial charge >= 0.3 is 6.18 Å². The smallest absolute Gasteiger partial charge is 0.332 e. The summed E-state index contributed by atoms with van der Waals surface area (Å²) in [4.78, 5) is 36.0. The molecule has 0 bridgehead atoms. The van der Waals surface area contributed by atoms with Crippen LogP contribution >= 0.6 is 22.9 Å². The van der Waals surface area contributed by atoms with Crippen LogP contribution in [-0.4, -0.2) is 35.2 Å². The zero-order chi connectivity index (χ0) is 21.2. The van der Waals surface area contributed by atoms with Crippen molar-refractivity contribution in [1.82, 2.24) is 4.90 Å². The quantitative estimate of drug-likeness (QED) is 0.558. The lowest BCUT2D eigenvalue weighted by Crippen LogP contribution is -2.34. The van der Waals surface area contributed by atoms with E-state index in [1.54, 1.807) is 0 Å². The number of thiophene rings is 1. The molecule has 0 radical (unpaired) electrons. The molecule has 0 spiro atoms. The van der Waals surface area contributed by atoms with Gasteiger partial charge in [0, 0.05) is 18.8 Å². The van der Waals surface area contributed by atoms with Crippen molar-refractivity contribution in [2.24, 2.45) is 0 Å². The molecule has 28 heavy (non-hydrogen) atoms. The van der Waals surface area contributed by atoms with Crippen LogP contribution < -0.4 is 5.32 Å². The van der Waals surface area contributed by atoms with Gasteiger partial charge in [0.15, 0.2) is 0 Å². The number of rotatable bonds is 5. The van der Waals surface area contributed by atoms with Crippen molar-refractivity contribution in [3.63, 3.8) is 0 Å². The van der Waals surface area contributed by atoms with E-state index in [0.717, 1.165) is 28.4 Å². The molecule has 0 aliphatic heterocycles. The Bertz CT molecular complexity index is 946. The van der Waals surface area contributed by atoms with Crippen molar-refractivity contribution in [1.29, 1.82) is 0 Å². The van der Waals surface area contributed by atoms with Crippen LogP contribution in [0.25, 0.3) is 0 Å². The first-order chi connectivity index (χ1) is 12.9. The van der Waals surface area contributed by atoms with Gasteiger partial charge in [0.25, 0.3) is 11.6 Å². The summed E-state index contributed by atoms with van der Waals surface area (Å²) in [5.74, 6) is -1.36. The highest BCUT2D eigenvalue weighted by Crippen LogP contribution is 2.36. The zero-order valence-corrected chi connectivity index (χ0v) is 16.0. The van der Waals surface area contributed by atoms with Crippen LogP contribution in [0.5, 0.6) is 0 Å². The van der Waals surface area contributed by atoms with Gasteiger partial charge < -0.3 is 10.2 Å². The monoisotopic (exact) mass is 435 g/mol. The van der Waals surface area contributed by atoms with Gasteiger partial charge in [-0.15, -0.1) is 11.3 Å². The summed E-state index contributed by atoms with van der Waals surface area (Å²) < 4.78 is 38.6. The number of hydrogen-bond donors (Lipinski definition) is 1. The maximum atomic E-state index is 12.9. The van der Waals surface area contributed by atoms with E-state index in [-0.39, 0.29) is 16.3 Å². The molecule has 1 N–H and O–H groups in total. The van der Waals surface area contributed by atoms with Gasteiger partial charge in [-0.05, 0) is 25.1 Å². The Morgan fingerprint density at radius 2 is 1.96 bits per heavy atom. The highest BCUT2D eigenvalue weighted by Gasteiger charge is 2.33. The fraction of sp³-hybridized carbons (Fsp3) is 0.250. The van der Waals surface area contributed by atoms with Gasteiger partial charge in [0.05, 0.1) is 31.8 Å². The topological polar surface area (TPSA) is 92.6 Å². The first-order valence-corrected chi connectivity index (χ1v) is 8.76. The third-order valence-electron chi connectivity index (χ3n) is 3.58. The SMILES string of the molecule is Cc1sc(C(=O)N(C)CC(=O)Nc2ccc(Cl)c(C(F)(F)F)c2)cc1[N+](=O)[O-]. The minimum Gasteiger partial charge on any atom is -0.332 e. The number of nitrogens with zero attached hydrogens (tertiary/aromatic N) is 2. The van der Waals surface area contributed by atoms with Gasteiger partial charge in [-0.1, -0.05) is 11.6 Å². The lowest BCUT2D eigenvalue weighted by atomic mass is 10.2. The number of likely N-dealkylation sites (N-methyl/N-ethyl adjacent to an activating group) is 1. The van der Waals surface area contributed by atoms with Crippen LogP contribution in [-0.2, 0) is 11.0 Å². The maximum Gasteiger partial charge on any atom is 0.417 e. The summed E-state index contributed by atoms with van der Waals surface area (Å²) >= 11 is 6.43. The molecule has 1 heterocycles. The summed E-state index contributed by atoms with van der Waals surface area (Å²) in [5, 5.41) is 12.6. The largest absolute Gasteiger partial charge is 0.417 e. The predicted octanol–water partition coefficient (Wildman–Crippen LogP) is 4.35. The van der Waals surface area contributed by atoms with Crippen molar-refractivity contribution in [2.75, 3.05) is 18.9 Å². The number of nitrogens with one attached hydrogen (secondary N) is 1. The van der Waals surface area contributed by atoms with Crippen molar-refractivity contribution in [3.8, 4) is 0 Å². The summed E-state index contributed by atoms with van der Waals surface area (Å²) in [5.41, 5.74) is -1.44. The Balaban J connectivity index is 2.08. The fourth-order valence-electron chi connectivity index (χ4n) is 2.26. The van der Waals surface area contributed by atoms with Crippen molar-refractivity contribution >= 4 is 46.1 Å². The van der Waals surface area contributed by atoms with Crippen LogP contribution in [0.3, 0.4) is 0 Å². The highest BCUT2D eigenvalue weighted by atomic mass is 35.5. The number of hydrogen-bond acceptors (Lipinski definition) is 5. The third kappa shape index (κ3) is 4.98. The van der Waals surface area contributed by atoms with Crippen molar-refractivity contribution in [3.05, 3.63) is 54.7 Å². The first kappa shape index (κ1) is 21.6. The number of aryl methyl sites for hydroxylation is 1. The van der Waals surface area contributed by atoms with E-state index >= 15 is 0 Å². The number of halogens is 4. The number of nitro groups is 1. The van der Waals surface area contributed by atoms with Crippen LogP contribution in [0.2, 0.25) is 5.02 Å². The molecule has 150 valence electrons. The standard InChI is InChI=1S/C16H13ClF3N3O4S/c1-8-12(23(26)27)6-13(28-8)15(25)22(2)7-14(24)21-9-3-4-11(17)10(5-9)16(18,19)20/h3-6H,7H2,1-2H3,(H,21,24). The molecule has 1 aromatic carbocycles. The maximum absolute atomic E-state index is 12.9. The molecular formula is C16H13ClF3N3O4S. The molecule has 12 heteroatoms. The number of benzene rings is 1. The zero-order valence-electron chi connectivity index (χ0n) is 14.5. The highest BCUT2D eigenvalue weighted by molar-refractivity contribution is 7.14. The van der Waals surface area contributed by atoms with E-state index in [1.165, 1.54) is 20.0 Å². The Kier molecular flexibility index (Phi) is 6.30. The second-order valence-electron chi connectivity index (χ2n) is 5.71.